The van der Waals surface area contributed by atoms with Gasteiger partial charge in [-0.05, 0) is 42.3 Å². The highest BCUT2D eigenvalue weighted by atomic mass is 19.1. The molecular formula is C21H28FN5O. The molecule has 2 unspecified atom stereocenters. The average molecular weight is 385 g/mol. The molecule has 0 amide bonds. The number of nitrogens with zero attached hydrogens (tertiary/aromatic N) is 4. The molecule has 2 aromatic rings. The molecule has 0 radical (unpaired) electrons. The van der Waals surface area contributed by atoms with Crippen molar-refractivity contribution in [2.75, 3.05) is 39.1 Å². The Hall–Kier alpha value is -2.67. The van der Waals surface area contributed by atoms with Crippen molar-refractivity contribution in [2.45, 2.75) is 25.7 Å². The third kappa shape index (κ3) is 4.98. The van der Waals surface area contributed by atoms with Gasteiger partial charge in [-0.15, -0.1) is 0 Å². The van der Waals surface area contributed by atoms with Crippen molar-refractivity contribution in [3.8, 4) is 0 Å². The molecule has 1 aliphatic heterocycles. The first-order chi connectivity index (χ1) is 13.5. The number of pyridine rings is 1. The molecule has 7 heteroatoms. The van der Waals surface area contributed by atoms with Gasteiger partial charge in [-0.3, -0.25) is 4.99 Å². The fraction of sp³-hybridized carbons (Fsp3) is 0.429. The van der Waals surface area contributed by atoms with Crippen LogP contribution in [0.5, 0.6) is 0 Å². The van der Waals surface area contributed by atoms with Crippen LogP contribution in [0.1, 0.15) is 24.2 Å². The maximum Gasteiger partial charge on any atom is 0.194 e. The Bertz CT molecular complexity index is 809. The molecule has 2 atom stereocenters. The molecule has 150 valence electrons. The van der Waals surface area contributed by atoms with E-state index in [4.69, 9.17) is 4.74 Å². The van der Waals surface area contributed by atoms with Gasteiger partial charge in [0.25, 0.3) is 0 Å². The normalized spacial score (nSPS) is 20.2. The summed E-state index contributed by atoms with van der Waals surface area (Å²) in [5.74, 6) is 1.51. The Balaban J connectivity index is 1.67. The van der Waals surface area contributed by atoms with Crippen LogP contribution in [-0.4, -0.2) is 56.2 Å². The molecule has 0 saturated carbocycles. The highest BCUT2D eigenvalue weighted by Gasteiger charge is 2.28. The molecule has 1 saturated heterocycles. The minimum Gasteiger partial charge on any atom is -0.367 e. The number of anilines is 1. The van der Waals surface area contributed by atoms with Gasteiger partial charge in [-0.1, -0.05) is 12.1 Å². The fourth-order valence-corrected chi connectivity index (χ4v) is 3.31. The lowest BCUT2D eigenvalue weighted by molar-refractivity contribution is -0.0605. The highest BCUT2D eigenvalue weighted by molar-refractivity contribution is 5.80. The van der Waals surface area contributed by atoms with Crippen molar-refractivity contribution in [1.82, 2.24) is 15.2 Å². The molecule has 2 heterocycles. The van der Waals surface area contributed by atoms with Crippen LogP contribution in [-0.2, 0) is 11.3 Å². The molecule has 3 rings (SSSR count). The van der Waals surface area contributed by atoms with Gasteiger partial charge in [0.05, 0.1) is 12.6 Å². The van der Waals surface area contributed by atoms with Gasteiger partial charge in [0.1, 0.15) is 17.7 Å². The summed E-state index contributed by atoms with van der Waals surface area (Å²) in [6.45, 7) is 4.11. The maximum absolute atomic E-state index is 13.2. The number of benzene rings is 1. The third-order valence-corrected chi connectivity index (χ3v) is 4.73. The zero-order valence-corrected chi connectivity index (χ0v) is 16.9. The maximum atomic E-state index is 13.2. The molecule has 1 aliphatic rings. The first-order valence-corrected chi connectivity index (χ1v) is 9.45. The Morgan fingerprint density at radius 1 is 1.29 bits per heavy atom. The van der Waals surface area contributed by atoms with Gasteiger partial charge >= 0.3 is 0 Å². The van der Waals surface area contributed by atoms with Gasteiger partial charge in [-0.25, -0.2) is 9.37 Å². The summed E-state index contributed by atoms with van der Waals surface area (Å²) < 4.78 is 19.3. The van der Waals surface area contributed by atoms with E-state index in [1.165, 1.54) is 12.1 Å². The molecule has 1 N–H and O–H groups in total. The van der Waals surface area contributed by atoms with Crippen LogP contribution in [0.2, 0.25) is 0 Å². The van der Waals surface area contributed by atoms with Crippen molar-refractivity contribution in [3.63, 3.8) is 0 Å². The van der Waals surface area contributed by atoms with E-state index in [1.807, 2.05) is 38.2 Å². The second-order valence-electron chi connectivity index (χ2n) is 7.21. The molecule has 1 aromatic heterocycles. The van der Waals surface area contributed by atoms with Gasteiger partial charge in [-0.2, -0.15) is 0 Å². The summed E-state index contributed by atoms with van der Waals surface area (Å²) in [5.41, 5.74) is 2.11. The predicted molar refractivity (Wildman–Crippen MR) is 110 cm³/mol. The lowest BCUT2D eigenvalue weighted by Crippen LogP contribution is -2.50. The van der Waals surface area contributed by atoms with E-state index < -0.39 is 0 Å². The summed E-state index contributed by atoms with van der Waals surface area (Å²) in [4.78, 5) is 13.0. The zero-order valence-electron chi connectivity index (χ0n) is 16.9. The Morgan fingerprint density at radius 3 is 2.71 bits per heavy atom. The average Bonchev–Trinajstić information content (AvgIpc) is 2.69. The summed E-state index contributed by atoms with van der Waals surface area (Å²) in [5, 5.41) is 3.44. The van der Waals surface area contributed by atoms with Gasteiger partial charge in [0.15, 0.2) is 5.96 Å². The van der Waals surface area contributed by atoms with Crippen molar-refractivity contribution in [1.29, 1.82) is 0 Å². The zero-order chi connectivity index (χ0) is 20.1. The number of rotatable bonds is 4. The number of aliphatic imine (C=N–C) groups is 1. The number of nitrogens with one attached hydrogen (secondary N) is 1. The summed E-state index contributed by atoms with van der Waals surface area (Å²) in [6.07, 6.45) is 1.74. The van der Waals surface area contributed by atoms with Crippen LogP contribution >= 0.6 is 0 Å². The van der Waals surface area contributed by atoms with Crippen molar-refractivity contribution in [3.05, 3.63) is 59.5 Å². The van der Waals surface area contributed by atoms with Crippen LogP contribution < -0.4 is 10.2 Å². The third-order valence-electron chi connectivity index (χ3n) is 4.73. The number of halogens is 1. The quantitative estimate of drug-likeness (QED) is 0.648. The number of hydrogen-bond acceptors (Lipinski definition) is 4. The van der Waals surface area contributed by atoms with Crippen LogP contribution in [0.3, 0.4) is 0 Å². The minimum absolute atomic E-state index is 0.0450. The predicted octanol–water partition coefficient (Wildman–Crippen LogP) is 2.82. The van der Waals surface area contributed by atoms with Gasteiger partial charge < -0.3 is 19.9 Å². The monoisotopic (exact) mass is 385 g/mol. The first kappa shape index (κ1) is 20.1. The van der Waals surface area contributed by atoms with Gasteiger partial charge in [0, 0.05) is 40.4 Å². The largest absolute Gasteiger partial charge is 0.367 e. The van der Waals surface area contributed by atoms with E-state index in [0.717, 1.165) is 29.4 Å². The Kier molecular flexibility index (Phi) is 6.46. The summed E-state index contributed by atoms with van der Waals surface area (Å²) >= 11 is 0. The molecule has 1 fully saturated rings. The molecular weight excluding hydrogens is 357 g/mol. The number of hydrogen-bond donors (Lipinski definition) is 1. The van der Waals surface area contributed by atoms with Crippen LogP contribution in [0, 0.1) is 5.82 Å². The van der Waals surface area contributed by atoms with Crippen LogP contribution in [0.15, 0.2) is 47.6 Å². The standard InChI is InChI=1S/C21H28FN5O/c1-15-13-27(14-19(28-15)17-5-7-18(22)8-6-17)21(23-2)25-12-16-9-10-24-20(11-16)26(3)4/h5-11,15,19H,12-14H2,1-4H3,(H,23,25). The lowest BCUT2D eigenvalue weighted by Gasteiger charge is -2.38. The topological polar surface area (TPSA) is 53.0 Å². The fourth-order valence-electron chi connectivity index (χ4n) is 3.31. The second-order valence-corrected chi connectivity index (χ2v) is 7.21. The molecule has 0 aliphatic carbocycles. The SMILES string of the molecule is CN=C(NCc1ccnc(N(C)C)c1)N1CC(C)OC(c2ccc(F)cc2)C1. The van der Waals surface area contributed by atoms with E-state index in [1.54, 1.807) is 19.2 Å². The number of morpholine rings is 1. The Labute approximate surface area is 166 Å². The minimum atomic E-state index is -0.239. The van der Waals surface area contributed by atoms with E-state index in [0.29, 0.717) is 13.1 Å². The molecule has 0 bridgehead atoms. The van der Waals surface area contributed by atoms with E-state index in [9.17, 15) is 4.39 Å². The smallest absolute Gasteiger partial charge is 0.194 e. The molecule has 28 heavy (non-hydrogen) atoms. The number of aromatic nitrogens is 1. The van der Waals surface area contributed by atoms with Crippen molar-refractivity contribution < 1.29 is 9.13 Å². The number of ether oxygens (including phenoxy) is 1. The molecule has 1 aromatic carbocycles. The van der Waals surface area contributed by atoms with Crippen molar-refractivity contribution >= 4 is 11.8 Å². The van der Waals surface area contributed by atoms with Crippen LogP contribution in [0.4, 0.5) is 10.2 Å². The number of guanidine groups is 1. The van der Waals surface area contributed by atoms with E-state index in [2.05, 4.69) is 26.3 Å². The first-order valence-electron chi connectivity index (χ1n) is 9.45. The highest BCUT2D eigenvalue weighted by Crippen LogP contribution is 2.25. The lowest BCUT2D eigenvalue weighted by atomic mass is 10.1. The Morgan fingerprint density at radius 2 is 2.04 bits per heavy atom. The van der Waals surface area contributed by atoms with E-state index in [-0.39, 0.29) is 18.0 Å². The van der Waals surface area contributed by atoms with Crippen molar-refractivity contribution in [2.24, 2.45) is 4.99 Å². The van der Waals surface area contributed by atoms with E-state index >= 15 is 0 Å². The van der Waals surface area contributed by atoms with Gasteiger partial charge in [0.2, 0.25) is 0 Å². The summed E-state index contributed by atoms with van der Waals surface area (Å²) in [6, 6.07) is 10.6. The molecule has 6 nitrogen and oxygen atoms in total. The van der Waals surface area contributed by atoms with Crippen LogP contribution in [0.25, 0.3) is 0 Å². The second kappa shape index (κ2) is 9.01. The molecule has 0 spiro atoms. The summed E-state index contributed by atoms with van der Waals surface area (Å²) in [7, 11) is 5.74.